The first kappa shape index (κ1) is 22.1. The van der Waals surface area contributed by atoms with Gasteiger partial charge in [0.2, 0.25) is 0 Å². The second kappa shape index (κ2) is 8.44. The number of carbonyl (C=O) groups is 1. The molecule has 3 N–H and O–H groups in total. The number of rotatable bonds is 7. The van der Waals surface area contributed by atoms with Gasteiger partial charge in [0.25, 0.3) is 10.1 Å². The van der Waals surface area contributed by atoms with Gasteiger partial charge in [-0.2, -0.15) is 13.5 Å². The number of carboxylic acids is 1. The SMILES string of the molecule is Cc1nn(N2C=C(c3cccc(OCC(=O)O)c3)NN2c2ccc(S(=O)(=O)O)cc2)nc1C. The molecule has 0 radical (unpaired) electrons. The first-order chi connectivity index (χ1) is 15.6. The van der Waals surface area contributed by atoms with Crippen molar-refractivity contribution >= 4 is 27.5 Å². The molecule has 4 rings (SSSR count). The molecule has 12 nitrogen and oxygen atoms in total. The van der Waals surface area contributed by atoms with Crippen LogP contribution in [0.1, 0.15) is 17.0 Å². The van der Waals surface area contributed by atoms with Gasteiger partial charge >= 0.3 is 5.97 Å². The van der Waals surface area contributed by atoms with E-state index >= 15 is 0 Å². The van der Waals surface area contributed by atoms with Gasteiger partial charge in [0, 0.05) is 5.56 Å². The number of ether oxygens (including phenoxy) is 1. The fourth-order valence-corrected chi connectivity index (χ4v) is 3.49. The van der Waals surface area contributed by atoms with Crippen molar-refractivity contribution in [3.63, 3.8) is 0 Å². The van der Waals surface area contributed by atoms with Crippen molar-refractivity contribution in [1.82, 2.24) is 20.5 Å². The Balaban J connectivity index is 1.70. The Morgan fingerprint density at radius 1 is 1.09 bits per heavy atom. The van der Waals surface area contributed by atoms with Gasteiger partial charge in [-0.3, -0.25) is 9.98 Å². The number of aromatic nitrogens is 3. The van der Waals surface area contributed by atoms with Gasteiger partial charge in [0.15, 0.2) is 6.61 Å². The molecule has 1 aromatic heterocycles. The normalized spacial score (nSPS) is 13.6. The number of carboxylic acid groups (broad SMARTS) is 1. The van der Waals surface area contributed by atoms with Crippen LogP contribution in [0.25, 0.3) is 5.70 Å². The Labute approximate surface area is 189 Å². The maximum absolute atomic E-state index is 11.4. The lowest BCUT2D eigenvalue weighted by molar-refractivity contribution is -0.139. The Bertz CT molecular complexity index is 1320. The van der Waals surface area contributed by atoms with E-state index in [0.29, 0.717) is 22.7 Å². The predicted octanol–water partition coefficient (Wildman–Crippen LogP) is 1.48. The third kappa shape index (κ3) is 4.73. The van der Waals surface area contributed by atoms with Crippen molar-refractivity contribution in [2.75, 3.05) is 16.8 Å². The van der Waals surface area contributed by atoms with Crippen LogP contribution in [0.2, 0.25) is 0 Å². The van der Waals surface area contributed by atoms with E-state index in [0.717, 1.165) is 11.4 Å². The lowest BCUT2D eigenvalue weighted by atomic mass is 10.1. The van der Waals surface area contributed by atoms with Crippen molar-refractivity contribution in [2.45, 2.75) is 18.7 Å². The number of aryl methyl sites for hydroxylation is 2. The molecule has 1 aliphatic heterocycles. The van der Waals surface area contributed by atoms with E-state index in [1.165, 1.54) is 29.2 Å². The minimum atomic E-state index is -4.33. The topological polar surface area (TPSA) is 150 Å². The van der Waals surface area contributed by atoms with E-state index in [1.807, 2.05) is 19.9 Å². The molecule has 0 amide bonds. The van der Waals surface area contributed by atoms with Gasteiger partial charge in [-0.15, -0.1) is 15.3 Å². The summed E-state index contributed by atoms with van der Waals surface area (Å²) < 4.78 is 37.3. The van der Waals surface area contributed by atoms with Crippen molar-refractivity contribution < 1.29 is 27.6 Å². The molecule has 0 unspecified atom stereocenters. The molecule has 3 aromatic rings. The second-order valence-corrected chi connectivity index (χ2v) is 8.53. The number of nitrogens with zero attached hydrogens (tertiary/aromatic N) is 5. The average Bonchev–Trinajstić information content (AvgIpc) is 3.36. The minimum absolute atomic E-state index is 0.239. The summed E-state index contributed by atoms with van der Waals surface area (Å²) in [4.78, 5) is 11.9. The molecule has 0 spiro atoms. The van der Waals surface area contributed by atoms with Crippen molar-refractivity contribution in [2.24, 2.45) is 0 Å². The fraction of sp³-hybridized carbons (Fsp3) is 0.150. The van der Waals surface area contributed by atoms with Crippen LogP contribution >= 0.6 is 0 Å². The molecule has 0 aliphatic carbocycles. The number of anilines is 1. The first-order valence-electron chi connectivity index (χ1n) is 9.63. The number of hydrazine groups is 2. The molecule has 2 aromatic carbocycles. The smallest absolute Gasteiger partial charge is 0.341 e. The fourth-order valence-electron chi connectivity index (χ4n) is 3.01. The molecule has 33 heavy (non-hydrogen) atoms. The zero-order valence-electron chi connectivity index (χ0n) is 17.6. The Morgan fingerprint density at radius 2 is 1.76 bits per heavy atom. The number of hydrogen-bond acceptors (Lipinski definition) is 9. The van der Waals surface area contributed by atoms with Gasteiger partial charge in [-0.05, 0) is 50.2 Å². The van der Waals surface area contributed by atoms with Crippen LogP contribution < -0.4 is 20.4 Å². The van der Waals surface area contributed by atoms with Gasteiger partial charge in [-0.1, -0.05) is 17.0 Å². The third-order valence-electron chi connectivity index (χ3n) is 4.75. The largest absolute Gasteiger partial charge is 0.482 e. The summed E-state index contributed by atoms with van der Waals surface area (Å²) in [6.07, 6.45) is 1.71. The van der Waals surface area contributed by atoms with Crippen molar-refractivity contribution in [1.29, 1.82) is 0 Å². The second-order valence-electron chi connectivity index (χ2n) is 7.11. The van der Waals surface area contributed by atoms with Gasteiger partial charge in [0.05, 0.1) is 33.9 Å². The summed E-state index contributed by atoms with van der Waals surface area (Å²) in [5.74, 6) is -0.705. The monoisotopic (exact) mass is 472 g/mol. The first-order valence-corrected chi connectivity index (χ1v) is 11.1. The Kier molecular flexibility index (Phi) is 5.66. The van der Waals surface area contributed by atoms with Gasteiger partial charge in [-0.25, -0.2) is 4.79 Å². The highest BCUT2D eigenvalue weighted by molar-refractivity contribution is 7.85. The number of aliphatic carboxylic acids is 1. The molecular weight excluding hydrogens is 452 g/mol. The molecule has 0 atom stereocenters. The van der Waals surface area contributed by atoms with Gasteiger partial charge < -0.3 is 9.84 Å². The molecular formula is C20H20N6O6S. The molecule has 0 saturated carbocycles. The van der Waals surface area contributed by atoms with E-state index in [-0.39, 0.29) is 4.90 Å². The highest BCUT2D eigenvalue weighted by atomic mass is 32.2. The van der Waals surface area contributed by atoms with E-state index in [9.17, 15) is 17.8 Å². The maximum Gasteiger partial charge on any atom is 0.341 e. The standard InChI is InChI=1S/C20H20N6O6S/c1-13-14(2)22-26(21-13)24-11-19(15-4-3-5-17(10-15)32-12-20(27)28)23-25(24)16-6-8-18(9-7-16)33(29,30)31/h3-11,23H,12H2,1-2H3,(H,27,28)(H,29,30,31). The van der Waals surface area contributed by atoms with E-state index in [4.69, 9.17) is 9.84 Å². The number of hydrogen-bond donors (Lipinski definition) is 3. The Morgan fingerprint density at radius 3 is 2.36 bits per heavy atom. The zero-order chi connectivity index (χ0) is 23.8. The summed E-state index contributed by atoms with van der Waals surface area (Å²) in [6.45, 7) is 3.17. The molecule has 0 saturated heterocycles. The van der Waals surface area contributed by atoms with Crippen molar-refractivity contribution in [3.8, 4) is 5.75 Å². The molecule has 13 heteroatoms. The van der Waals surface area contributed by atoms with Crippen LogP contribution in [-0.4, -0.2) is 45.8 Å². The van der Waals surface area contributed by atoms with Crippen LogP contribution in [0.5, 0.6) is 5.75 Å². The summed E-state index contributed by atoms with van der Waals surface area (Å²) in [6, 6.07) is 12.4. The van der Waals surface area contributed by atoms with Crippen LogP contribution in [-0.2, 0) is 14.9 Å². The maximum atomic E-state index is 11.4. The van der Waals surface area contributed by atoms with Crippen molar-refractivity contribution in [3.05, 3.63) is 71.7 Å². The Hall–Kier alpha value is -4.10. The lowest BCUT2D eigenvalue weighted by Gasteiger charge is -2.28. The third-order valence-corrected chi connectivity index (χ3v) is 5.62. The molecule has 2 heterocycles. The number of benzene rings is 2. The minimum Gasteiger partial charge on any atom is -0.482 e. The molecule has 0 bridgehead atoms. The highest BCUT2D eigenvalue weighted by Gasteiger charge is 2.27. The van der Waals surface area contributed by atoms with Crippen LogP contribution in [0, 0.1) is 13.8 Å². The highest BCUT2D eigenvalue weighted by Crippen LogP contribution is 2.27. The quantitative estimate of drug-likeness (QED) is 0.429. The van der Waals surface area contributed by atoms with Crippen LogP contribution in [0.3, 0.4) is 0 Å². The van der Waals surface area contributed by atoms with Gasteiger partial charge in [0.1, 0.15) is 5.75 Å². The molecule has 1 aliphatic rings. The lowest BCUT2D eigenvalue weighted by Crippen LogP contribution is -2.49. The summed E-state index contributed by atoms with van der Waals surface area (Å²) >= 11 is 0. The molecule has 172 valence electrons. The zero-order valence-corrected chi connectivity index (χ0v) is 18.4. The summed E-state index contributed by atoms with van der Waals surface area (Å²) in [5, 5.41) is 20.8. The van der Waals surface area contributed by atoms with E-state index < -0.39 is 22.7 Å². The number of nitrogens with one attached hydrogen (secondary N) is 1. The van der Waals surface area contributed by atoms with E-state index in [2.05, 4.69) is 15.6 Å². The summed E-state index contributed by atoms with van der Waals surface area (Å²) in [7, 11) is -4.33. The van der Waals surface area contributed by atoms with E-state index in [1.54, 1.807) is 34.6 Å². The average molecular weight is 472 g/mol. The predicted molar refractivity (Wildman–Crippen MR) is 117 cm³/mol. The van der Waals surface area contributed by atoms with Crippen LogP contribution in [0.15, 0.2) is 59.6 Å². The molecule has 0 fully saturated rings. The summed E-state index contributed by atoms with van der Waals surface area (Å²) in [5.41, 5.74) is 6.47. The van der Waals surface area contributed by atoms with Crippen LogP contribution in [0.4, 0.5) is 5.69 Å².